The summed E-state index contributed by atoms with van der Waals surface area (Å²) in [6.45, 7) is 0.829. The summed E-state index contributed by atoms with van der Waals surface area (Å²) in [6.07, 6.45) is 0.209. The van der Waals surface area contributed by atoms with Gasteiger partial charge in [0, 0.05) is 23.6 Å². The molecule has 1 radical (unpaired) electrons. The number of aliphatic hydroxyl groups is 1. The zero-order chi connectivity index (χ0) is 5.70. The Kier molecular flexibility index (Phi) is 10.4. The molecule has 0 saturated carbocycles. The zero-order valence-electron chi connectivity index (χ0n) is 4.60. The topological polar surface area (TPSA) is 72.3 Å². The molecule has 8 heavy (non-hydrogen) atoms. The largest absolute Gasteiger partial charge is 0.392 e. The van der Waals surface area contributed by atoms with Crippen LogP contribution in [0.1, 0.15) is 6.42 Å². The fourth-order valence-electron chi connectivity index (χ4n) is 0.310. The van der Waals surface area contributed by atoms with Crippen LogP contribution >= 0.6 is 0 Å². The van der Waals surface area contributed by atoms with Gasteiger partial charge in [-0.1, -0.05) is 0 Å². The molecule has 0 rings (SSSR count). The summed E-state index contributed by atoms with van der Waals surface area (Å²) < 4.78 is 0. The quantitative estimate of drug-likeness (QED) is 0.456. The van der Waals surface area contributed by atoms with Crippen LogP contribution in [-0.4, -0.2) is 24.3 Å². The molecule has 0 heterocycles. The maximum absolute atomic E-state index is 8.65. The summed E-state index contributed by atoms with van der Waals surface area (Å²) in [5.41, 5.74) is 10.1. The van der Waals surface area contributed by atoms with Crippen LogP contribution in [0.25, 0.3) is 0 Å². The van der Waals surface area contributed by atoms with Gasteiger partial charge in [0.15, 0.2) is 0 Å². The summed E-state index contributed by atoms with van der Waals surface area (Å²) in [5.74, 6) is 0. The van der Waals surface area contributed by atoms with Gasteiger partial charge in [0.1, 0.15) is 0 Å². The Morgan fingerprint density at radius 3 is 2.00 bits per heavy atom. The monoisotopic (exact) mass is 167 g/mol. The molecule has 0 aromatic heterocycles. The van der Waals surface area contributed by atoms with E-state index in [0.29, 0.717) is 19.5 Å². The Bertz CT molecular complexity index is 45.0. The van der Waals surface area contributed by atoms with Crippen molar-refractivity contribution in [1.82, 2.24) is 0 Å². The first kappa shape index (κ1) is 11.2. The van der Waals surface area contributed by atoms with Gasteiger partial charge < -0.3 is 16.6 Å². The Labute approximate surface area is 59.9 Å². The van der Waals surface area contributed by atoms with Crippen molar-refractivity contribution in [2.75, 3.05) is 13.1 Å². The molecular weight excluding hydrogens is 156 g/mol. The van der Waals surface area contributed by atoms with Crippen molar-refractivity contribution in [2.24, 2.45) is 11.5 Å². The van der Waals surface area contributed by atoms with Gasteiger partial charge in [0.2, 0.25) is 0 Å². The Morgan fingerprint density at radius 1 is 1.38 bits per heavy atom. The van der Waals surface area contributed by atoms with Crippen molar-refractivity contribution in [1.29, 1.82) is 0 Å². The van der Waals surface area contributed by atoms with E-state index < -0.39 is 6.10 Å². The van der Waals surface area contributed by atoms with Crippen LogP contribution < -0.4 is 11.5 Å². The molecule has 0 saturated heterocycles. The molecule has 0 amide bonds. The minimum atomic E-state index is -0.398. The smallest absolute Gasteiger partial charge is 0.0674 e. The number of hydrogen-bond acceptors (Lipinski definition) is 3. The van der Waals surface area contributed by atoms with Crippen molar-refractivity contribution in [3.63, 3.8) is 0 Å². The van der Waals surface area contributed by atoms with Crippen molar-refractivity contribution in [3.05, 3.63) is 0 Å². The maximum atomic E-state index is 8.65. The van der Waals surface area contributed by atoms with Crippen LogP contribution in [0.4, 0.5) is 0 Å². The summed E-state index contributed by atoms with van der Waals surface area (Å²) >= 11 is 0. The van der Waals surface area contributed by atoms with E-state index in [1.807, 2.05) is 0 Å². The molecule has 0 aliphatic heterocycles. The van der Waals surface area contributed by atoms with E-state index in [4.69, 9.17) is 16.6 Å². The van der Waals surface area contributed by atoms with Crippen LogP contribution in [0, 0.1) is 0 Å². The second-order valence-electron chi connectivity index (χ2n) is 1.47. The molecule has 0 spiro atoms. The first-order valence-corrected chi connectivity index (χ1v) is 2.39. The molecule has 0 aromatic rings. The van der Waals surface area contributed by atoms with Gasteiger partial charge >= 0.3 is 0 Å². The molecule has 0 aromatic carbocycles. The van der Waals surface area contributed by atoms with E-state index in [1.54, 1.807) is 0 Å². The summed E-state index contributed by atoms with van der Waals surface area (Å²) in [6, 6.07) is 0. The summed E-state index contributed by atoms with van der Waals surface area (Å²) in [4.78, 5) is 0. The van der Waals surface area contributed by atoms with Gasteiger partial charge in [-0.2, -0.15) is 0 Å². The minimum absolute atomic E-state index is 0. The first-order chi connectivity index (χ1) is 3.31. The van der Waals surface area contributed by atoms with Gasteiger partial charge in [0.05, 0.1) is 6.10 Å². The SMILES string of the molecule is NCCC(O)CN.[Cu]. The van der Waals surface area contributed by atoms with Crippen molar-refractivity contribution in [2.45, 2.75) is 12.5 Å². The van der Waals surface area contributed by atoms with Gasteiger partial charge in [-0.15, -0.1) is 0 Å². The van der Waals surface area contributed by atoms with Crippen LogP contribution in [0.2, 0.25) is 0 Å². The Hall–Kier alpha value is 0.399. The van der Waals surface area contributed by atoms with E-state index in [1.165, 1.54) is 0 Å². The van der Waals surface area contributed by atoms with Gasteiger partial charge in [0.25, 0.3) is 0 Å². The molecule has 0 bridgehead atoms. The van der Waals surface area contributed by atoms with Gasteiger partial charge in [-0.25, -0.2) is 0 Å². The predicted octanol–water partition coefficient (Wildman–Crippen LogP) is -1.35. The second-order valence-corrected chi connectivity index (χ2v) is 1.47. The standard InChI is InChI=1S/C4H12N2O.Cu/c5-2-1-4(7)3-6;/h4,7H,1-3,5-6H2;. The van der Waals surface area contributed by atoms with Crippen molar-refractivity contribution in [3.8, 4) is 0 Å². The van der Waals surface area contributed by atoms with Gasteiger partial charge in [-0.05, 0) is 13.0 Å². The summed E-state index contributed by atoms with van der Waals surface area (Å²) in [5, 5.41) is 8.65. The second kappa shape index (κ2) is 7.40. The normalized spacial score (nSPS) is 12.4. The zero-order valence-corrected chi connectivity index (χ0v) is 5.54. The number of aliphatic hydroxyl groups excluding tert-OH is 1. The third kappa shape index (κ3) is 6.40. The number of nitrogens with two attached hydrogens (primary N) is 2. The molecule has 0 aliphatic carbocycles. The molecule has 55 valence electrons. The van der Waals surface area contributed by atoms with Gasteiger partial charge in [-0.3, -0.25) is 0 Å². The maximum Gasteiger partial charge on any atom is 0.0674 e. The Balaban J connectivity index is 0. The number of rotatable bonds is 3. The molecule has 1 atom stereocenters. The van der Waals surface area contributed by atoms with Crippen LogP contribution in [-0.2, 0) is 17.1 Å². The van der Waals surface area contributed by atoms with Crippen LogP contribution in [0.15, 0.2) is 0 Å². The third-order valence-electron chi connectivity index (χ3n) is 0.772. The minimum Gasteiger partial charge on any atom is -0.392 e. The summed E-state index contributed by atoms with van der Waals surface area (Å²) in [7, 11) is 0. The number of hydrogen-bond donors (Lipinski definition) is 3. The Morgan fingerprint density at radius 2 is 1.88 bits per heavy atom. The van der Waals surface area contributed by atoms with E-state index in [-0.39, 0.29) is 17.1 Å². The van der Waals surface area contributed by atoms with E-state index in [9.17, 15) is 0 Å². The fraction of sp³-hybridized carbons (Fsp3) is 1.00. The fourth-order valence-corrected chi connectivity index (χ4v) is 0.310. The molecule has 3 nitrogen and oxygen atoms in total. The molecule has 0 aliphatic rings. The molecule has 4 heteroatoms. The molecule has 0 fully saturated rings. The third-order valence-corrected chi connectivity index (χ3v) is 0.772. The molecule has 1 unspecified atom stereocenters. The average Bonchev–Trinajstić information content (AvgIpc) is 1.68. The molecular formula is C4H12CuN2O. The van der Waals surface area contributed by atoms with E-state index >= 15 is 0 Å². The van der Waals surface area contributed by atoms with E-state index in [2.05, 4.69) is 0 Å². The average molecular weight is 168 g/mol. The first-order valence-electron chi connectivity index (χ1n) is 2.39. The van der Waals surface area contributed by atoms with Crippen LogP contribution in [0.5, 0.6) is 0 Å². The molecule has 5 N–H and O–H groups in total. The van der Waals surface area contributed by atoms with Crippen molar-refractivity contribution >= 4 is 0 Å². The van der Waals surface area contributed by atoms with Crippen LogP contribution in [0.3, 0.4) is 0 Å². The van der Waals surface area contributed by atoms with E-state index in [0.717, 1.165) is 0 Å². The van der Waals surface area contributed by atoms with Crippen molar-refractivity contribution < 1.29 is 22.2 Å². The predicted molar refractivity (Wildman–Crippen MR) is 28.7 cm³/mol.